The molecule has 2 rings (SSSR count). The van der Waals surface area contributed by atoms with E-state index in [9.17, 15) is 4.79 Å². The number of hydrogen-bond donors (Lipinski definition) is 2. The van der Waals surface area contributed by atoms with Crippen LogP contribution in [-0.2, 0) is 6.54 Å². The molecule has 2 N–H and O–H groups in total. The first-order chi connectivity index (χ1) is 8.75. The summed E-state index contributed by atoms with van der Waals surface area (Å²) in [4.78, 5) is 15.1. The second-order valence-electron chi connectivity index (χ2n) is 4.91. The van der Waals surface area contributed by atoms with Gasteiger partial charge in [-0.1, -0.05) is 25.7 Å². The van der Waals surface area contributed by atoms with Gasteiger partial charge in [0.25, 0.3) is 0 Å². The quantitative estimate of drug-likeness (QED) is 0.804. The summed E-state index contributed by atoms with van der Waals surface area (Å²) in [6.07, 6.45) is 9.27. The van der Waals surface area contributed by atoms with E-state index in [1.807, 2.05) is 0 Å². The van der Waals surface area contributed by atoms with Crippen molar-refractivity contribution in [2.45, 2.75) is 51.1 Å². The van der Waals surface area contributed by atoms with E-state index < -0.39 is 5.97 Å². The molecule has 1 aromatic rings. The fraction of sp³-hybridized carbons (Fsp3) is 0.571. The maximum absolute atomic E-state index is 10.9. The van der Waals surface area contributed by atoms with Gasteiger partial charge >= 0.3 is 5.97 Å². The smallest absolute Gasteiger partial charge is 0.335 e. The van der Waals surface area contributed by atoms with Crippen LogP contribution in [0.3, 0.4) is 0 Å². The molecule has 18 heavy (non-hydrogen) atoms. The van der Waals surface area contributed by atoms with Crippen LogP contribution in [0.5, 0.6) is 0 Å². The molecule has 0 bridgehead atoms. The summed E-state index contributed by atoms with van der Waals surface area (Å²) in [6.45, 7) is 0.659. The third-order valence-corrected chi connectivity index (χ3v) is 3.49. The molecule has 1 aromatic heterocycles. The molecular formula is C14H20N2O2. The molecule has 0 atom stereocenters. The second kappa shape index (κ2) is 6.50. The number of rotatable bonds is 4. The lowest BCUT2D eigenvalue weighted by molar-refractivity contribution is 0.0696. The molecule has 98 valence electrons. The van der Waals surface area contributed by atoms with Gasteiger partial charge in [-0.3, -0.25) is 4.98 Å². The fourth-order valence-electron chi connectivity index (χ4n) is 2.44. The number of pyridine rings is 1. The molecule has 4 heteroatoms. The summed E-state index contributed by atoms with van der Waals surface area (Å²) in [5.41, 5.74) is 1.11. The highest BCUT2D eigenvalue weighted by molar-refractivity contribution is 5.87. The van der Waals surface area contributed by atoms with E-state index in [0.717, 1.165) is 5.69 Å². The first-order valence-electron chi connectivity index (χ1n) is 6.67. The van der Waals surface area contributed by atoms with Gasteiger partial charge in [0.15, 0.2) is 0 Å². The Morgan fingerprint density at radius 2 is 2.06 bits per heavy atom. The Labute approximate surface area is 107 Å². The normalized spacial score (nSPS) is 17.3. The molecule has 0 aliphatic heterocycles. The highest BCUT2D eigenvalue weighted by Crippen LogP contribution is 2.17. The van der Waals surface area contributed by atoms with Crippen molar-refractivity contribution < 1.29 is 9.90 Å². The van der Waals surface area contributed by atoms with Gasteiger partial charge in [-0.25, -0.2) is 4.79 Å². The lowest BCUT2D eigenvalue weighted by Crippen LogP contribution is -2.28. The van der Waals surface area contributed by atoms with Gasteiger partial charge in [0.05, 0.1) is 11.3 Å². The molecule has 4 nitrogen and oxygen atoms in total. The second-order valence-corrected chi connectivity index (χ2v) is 4.91. The van der Waals surface area contributed by atoms with Gasteiger partial charge in [0.1, 0.15) is 0 Å². The monoisotopic (exact) mass is 248 g/mol. The predicted octanol–water partition coefficient (Wildman–Crippen LogP) is 2.59. The SMILES string of the molecule is O=C(O)c1ccnc(CNC2CCCCCC2)c1. The molecule has 1 aliphatic rings. The lowest BCUT2D eigenvalue weighted by atomic mass is 10.1. The molecular weight excluding hydrogens is 228 g/mol. The first-order valence-corrected chi connectivity index (χ1v) is 6.67. The summed E-state index contributed by atoms with van der Waals surface area (Å²) in [7, 11) is 0. The van der Waals surface area contributed by atoms with Crippen LogP contribution >= 0.6 is 0 Å². The molecule has 1 aliphatic carbocycles. The number of carboxylic acid groups (broad SMARTS) is 1. The largest absolute Gasteiger partial charge is 0.478 e. The average Bonchev–Trinajstić information content (AvgIpc) is 2.65. The Morgan fingerprint density at radius 3 is 2.72 bits per heavy atom. The van der Waals surface area contributed by atoms with Gasteiger partial charge in [0, 0.05) is 18.8 Å². The van der Waals surface area contributed by atoms with E-state index >= 15 is 0 Å². The third kappa shape index (κ3) is 3.81. The molecule has 1 heterocycles. The average molecular weight is 248 g/mol. The molecule has 1 saturated carbocycles. The van der Waals surface area contributed by atoms with Crippen LogP contribution in [0, 0.1) is 0 Å². The summed E-state index contributed by atoms with van der Waals surface area (Å²) in [6, 6.07) is 3.73. The Bertz CT molecular complexity index is 399. The van der Waals surface area contributed by atoms with Crippen LogP contribution in [0.1, 0.15) is 54.6 Å². The zero-order valence-electron chi connectivity index (χ0n) is 10.6. The van der Waals surface area contributed by atoms with Crippen molar-refractivity contribution >= 4 is 5.97 Å². The molecule has 0 unspecified atom stereocenters. The Morgan fingerprint density at radius 1 is 1.33 bits per heavy atom. The van der Waals surface area contributed by atoms with Gasteiger partial charge in [-0.05, 0) is 25.0 Å². The first kappa shape index (κ1) is 13.0. The summed E-state index contributed by atoms with van der Waals surface area (Å²) in [5, 5.41) is 12.4. The highest BCUT2D eigenvalue weighted by Gasteiger charge is 2.12. The minimum absolute atomic E-state index is 0.308. The van der Waals surface area contributed by atoms with Crippen LogP contribution in [0.15, 0.2) is 18.3 Å². The minimum Gasteiger partial charge on any atom is -0.478 e. The van der Waals surface area contributed by atoms with Crippen LogP contribution in [0.2, 0.25) is 0 Å². The maximum Gasteiger partial charge on any atom is 0.335 e. The van der Waals surface area contributed by atoms with Crippen molar-refractivity contribution in [2.24, 2.45) is 0 Å². The minimum atomic E-state index is -0.895. The summed E-state index contributed by atoms with van der Waals surface area (Å²) in [5.74, 6) is -0.895. The van der Waals surface area contributed by atoms with E-state index in [1.54, 1.807) is 12.3 Å². The number of carbonyl (C=O) groups is 1. The van der Waals surface area contributed by atoms with E-state index in [2.05, 4.69) is 10.3 Å². The van der Waals surface area contributed by atoms with Gasteiger partial charge in [-0.2, -0.15) is 0 Å². The Balaban J connectivity index is 1.88. The van der Waals surface area contributed by atoms with E-state index in [0.29, 0.717) is 18.2 Å². The van der Waals surface area contributed by atoms with Gasteiger partial charge < -0.3 is 10.4 Å². The number of carboxylic acids is 1. The zero-order valence-corrected chi connectivity index (χ0v) is 10.6. The lowest BCUT2D eigenvalue weighted by Gasteiger charge is -2.15. The van der Waals surface area contributed by atoms with Crippen LogP contribution in [-0.4, -0.2) is 22.1 Å². The Kier molecular flexibility index (Phi) is 4.70. The zero-order chi connectivity index (χ0) is 12.8. The molecule has 0 radical (unpaired) electrons. The summed E-state index contributed by atoms with van der Waals surface area (Å²) < 4.78 is 0. The van der Waals surface area contributed by atoms with Crippen molar-refractivity contribution in [3.8, 4) is 0 Å². The van der Waals surface area contributed by atoms with Crippen molar-refractivity contribution in [3.05, 3.63) is 29.6 Å². The maximum atomic E-state index is 10.9. The number of aromatic nitrogens is 1. The number of nitrogens with zero attached hydrogens (tertiary/aromatic N) is 1. The molecule has 1 fully saturated rings. The van der Waals surface area contributed by atoms with Crippen LogP contribution in [0.4, 0.5) is 0 Å². The van der Waals surface area contributed by atoms with Crippen molar-refractivity contribution in [1.82, 2.24) is 10.3 Å². The van der Waals surface area contributed by atoms with Gasteiger partial charge in [-0.15, -0.1) is 0 Å². The summed E-state index contributed by atoms with van der Waals surface area (Å²) >= 11 is 0. The van der Waals surface area contributed by atoms with Crippen LogP contribution in [0.25, 0.3) is 0 Å². The highest BCUT2D eigenvalue weighted by atomic mass is 16.4. The fourth-order valence-corrected chi connectivity index (χ4v) is 2.44. The number of nitrogens with one attached hydrogen (secondary N) is 1. The molecule has 0 spiro atoms. The molecule has 0 amide bonds. The van der Waals surface area contributed by atoms with E-state index in [4.69, 9.17) is 5.11 Å². The van der Waals surface area contributed by atoms with E-state index in [-0.39, 0.29) is 0 Å². The predicted molar refractivity (Wildman–Crippen MR) is 69.5 cm³/mol. The van der Waals surface area contributed by atoms with Gasteiger partial charge in [0.2, 0.25) is 0 Å². The van der Waals surface area contributed by atoms with Crippen molar-refractivity contribution in [2.75, 3.05) is 0 Å². The number of aromatic carboxylic acids is 1. The standard InChI is InChI=1S/C14H20N2O2/c17-14(18)11-7-8-15-13(9-11)10-16-12-5-3-1-2-4-6-12/h7-9,12,16H,1-6,10H2,(H,17,18). The third-order valence-electron chi connectivity index (χ3n) is 3.49. The van der Waals surface area contributed by atoms with Crippen molar-refractivity contribution in [3.63, 3.8) is 0 Å². The van der Waals surface area contributed by atoms with Crippen molar-refractivity contribution in [1.29, 1.82) is 0 Å². The molecule has 0 saturated heterocycles. The number of hydrogen-bond acceptors (Lipinski definition) is 3. The van der Waals surface area contributed by atoms with Crippen LogP contribution < -0.4 is 5.32 Å². The van der Waals surface area contributed by atoms with E-state index in [1.165, 1.54) is 44.6 Å². The molecule has 0 aromatic carbocycles. The Hall–Kier alpha value is -1.42. The topological polar surface area (TPSA) is 62.2 Å².